The number of allylic oxidation sites excluding steroid dienone is 1. The van der Waals surface area contributed by atoms with Gasteiger partial charge in [0.2, 0.25) is 5.95 Å². The molecule has 0 saturated heterocycles. The maximum Gasteiger partial charge on any atom is 0.338 e. The number of hydrogen-bond donors (Lipinski definition) is 1. The molecule has 1 unspecified atom stereocenters. The van der Waals surface area contributed by atoms with Gasteiger partial charge < -0.3 is 10.1 Å². The van der Waals surface area contributed by atoms with Crippen LogP contribution in [0.2, 0.25) is 10.0 Å². The average molecular weight is 354 g/mol. The summed E-state index contributed by atoms with van der Waals surface area (Å²) in [5.74, 6) is -0.0730. The molecular formula is C14H13Cl2N5O2. The van der Waals surface area contributed by atoms with Crippen molar-refractivity contribution in [2.45, 2.75) is 19.9 Å². The van der Waals surface area contributed by atoms with Gasteiger partial charge in [0.1, 0.15) is 6.04 Å². The van der Waals surface area contributed by atoms with Crippen LogP contribution in [0.3, 0.4) is 0 Å². The Morgan fingerprint density at radius 1 is 1.39 bits per heavy atom. The molecule has 1 atom stereocenters. The molecule has 1 aliphatic rings. The third kappa shape index (κ3) is 2.66. The van der Waals surface area contributed by atoms with Crippen LogP contribution in [0.5, 0.6) is 0 Å². The lowest BCUT2D eigenvalue weighted by atomic mass is 9.95. The highest BCUT2D eigenvalue weighted by Crippen LogP contribution is 2.41. The molecule has 0 fully saturated rings. The standard InChI is InChI=1S/C14H13Cl2N5O2/c1-3-23-13(22)10-7(2)17-14-18-19-20-21(14)12(10)11-8(15)5-4-6-9(11)16/h4-6,12H,3H2,1-2H3,(H,17,18,20). The number of hydrogen-bond acceptors (Lipinski definition) is 6. The Labute approximate surface area is 142 Å². The number of fused-ring (bicyclic) bond motifs is 1. The van der Waals surface area contributed by atoms with Gasteiger partial charge in [-0.25, -0.2) is 4.79 Å². The first kappa shape index (κ1) is 15.8. The molecule has 0 saturated carbocycles. The molecule has 0 bridgehead atoms. The van der Waals surface area contributed by atoms with E-state index >= 15 is 0 Å². The minimum atomic E-state index is -0.665. The largest absolute Gasteiger partial charge is 0.463 e. The summed E-state index contributed by atoms with van der Waals surface area (Å²) in [6.45, 7) is 3.74. The van der Waals surface area contributed by atoms with Gasteiger partial charge >= 0.3 is 5.97 Å². The van der Waals surface area contributed by atoms with Gasteiger partial charge in [-0.2, -0.15) is 4.68 Å². The maximum absolute atomic E-state index is 12.5. The second-order valence-corrected chi connectivity index (χ2v) is 5.68. The normalized spacial score (nSPS) is 16.8. The summed E-state index contributed by atoms with van der Waals surface area (Å²) >= 11 is 12.7. The number of aromatic nitrogens is 4. The van der Waals surface area contributed by atoms with Gasteiger partial charge in [0.05, 0.1) is 12.2 Å². The molecule has 1 aromatic carbocycles. The fourth-order valence-corrected chi connectivity index (χ4v) is 3.13. The van der Waals surface area contributed by atoms with Gasteiger partial charge in [0.25, 0.3) is 0 Å². The highest BCUT2D eigenvalue weighted by molar-refractivity contribution is 6.36. The fourth-order valence-electron chi connectivity index (χ4n) is 2.52. The monoisotopic (exact) mass is 353 g/mol. The molecule has 0 amide bonds. The third-order valence-electron chi connectivity index (χ3n) is 3.48. The van der Waals surface area contributed by atoms with Crippen molar-refractivity contribution in [2.24, 2.45) is 0 Å². The Morgan fingerprint density at radius 2 is 2.09 bits per heavy atom. The summed E-state index contributed by atoms with van der Waals surface area (Å²) in [4.78, 5) is 12.5. The zero-order valence-corrected chi connectivity index (χ0v) is 13.9. The zero-order chi connectivity index (χ0) is 16.6. The van der Waals surface area contributed by atoms with E-state index in [1.54, 1.807) is 32.0 Å². The number of benzene rings is 1. The fraction of sp³-hybridized carbons (Fsp3) is 0.286. The minimum Gasteiger partial charge on any atom is -0.463 e. The Morgan fingerprint density at radius 3 is 2.74 bits per heavy atom. The number of tetrazole rings is 1. The van der Waals surface area contributed by atoms with Crippen LogP contribution < -0.4 is 5.32 Å². The van der Waals surface area contributed by atoms with Gasteiger partial charge in [-0.3, -0.25) is 0 Å². The summed E-state index contributed by atoms with van der Waals surface area (Å²) in [5, 5.41) is 15.3. The number of nitrogens with one attached hydrogen (secondary N) is 1. The van der Waals surface area contributed by atoms with E-state index in [1.807, 2.05) is 0 Å². The van der Waals surface area contributed by atoms with E-state index < -0.39 is 12.0 Å². The Bertz CT molecular complexity index is 782. The summed E-state index contributed by atoms with van der Waals surface area (Å²) in [6, 6.07) is 4.47. The molecule has 0 spiro atoms. The van der Waals surface area contributed by atoms with Crippen LogP contribution in [0, 0.1) is 0 Å². The van der Waals surface area contributed by atoms with E-state index in [2.05, 4.69) is 20.8 Å². The molecule has 1 aromatic heterocycles. The number of carbonyl (C=O) groups excluding carboxylic acids is 1. The second kappa shape index (κ2) is 6.17. The summed E-state index contributed by atoms with van der Waals surface area (Å²) < 4.78 is 6.63. The van der Waals surface area contributed by atoms with Crippen molar-refractivity contribution < 1.29 is 9.53 Å². The molecule has 2 heterocycles. The highest BCUT2D eigenvalue weighted by atomic mass is 35.5. The first-order valence-corrected chi connectivity index (χ1v) is 7.66. The predicted octanol–water partition coefficient (Wildman–Crippen LogP) is 2.83. The number of ether oxygens (including phenoxy) is 1. The number of esters is 1. The van der Waals surface area contributed by atoms with Crippen molar-refractivity contribution in [1.29, 1.82) is 0 Å². The quantitative estimate of drug-likeness (QED) is 0.854. The lowest BCUT2D eigenvalue weighted by molar-refractivity contribution is -0.139. The number of rotatable bonds is 3. The van der Waals surface area contributed by atoms with Crippen LogP contribution in [-0.2, 0) is 9.53 Å². The second-order valence-electron chi connectivity index (χ2n) is 4.87. The Balaban J connectivity index is 2.23. The SMILES string of the molecule is CCOC(=O)C1=C(C)Nc2nnnn2C1c1c(Cl)cccc1Cl. The molecular weight excluding hydrogens is 341 g/mol. The number of anilines is 1. The molecule has 120 valence electrons. The van der Waals surface area contributed by atoms with Crippen LogP contribution in [-0.4, -0.2) is 32.8 Å². The first-order chi connectivity index (χ1) is 11.0. The van der Waals surface area contributed by atoms with Crippen LogP contribution in [0.4, 0.5) is 5.95 Å². The van der Waals surface area contributed by atoms with Crippen LogP contribution in [0.1, 0.15) is 25.5 Å². The number of nitrogens with zero attached hydrogens (tertiary/aromatic N) is 4. The lowest BCUT2D eigenvalue weighted by Crippen LogP contribution is -2.30. The van der Waals surface area contributed by atoms with E-state index in [0.717, 1.165) is 0 Å². The van der Waals surface area contributed by atoms with E-state index in [4.69, 9.17) is 27.9 Å². The summed E-state index contributed by atoms with van der Waals surface area (Å²) in [7, 11) is 0. The van der Waals surface area contributed by atoms with Gasteiger partial charge in [-0.1, -0.05) is 34.4 Å². The molecule has 1 N–H and O–H groups in total. The average Bonchev–Trinajstić information content (AvgIpc) is 2.94. The number of carbonyl (C=O) groups is 1. The predicted molar refractivity (Wildman–Crippen MR) is 85.4 cm³/mol. The first-order valence-electron chi connectivity index (χ1n) is 6.91. The number of halogens is 2. The molecule has 0 aliphatic carbocycles. The molecule has 0 radical (unpaired) electrons. The maximum atomic E-state index is 12.5. The van der Waals surface area contributed by atoms with Crippen molar-refractivity contribution in [2.75, 3.05) is 11.9 Å². The van der Waals surface area contributed by atoms with Gasteiger partial charge in [0.15, 0.2) is 0 Å². The van der Waals surface area contributed by atoms with E-state index in [1.165, 1.54) is 4.68 Å². The van der Waals surface area contributed by atoms with E-state index in [0.29, 0.717) is 32.8 Å². The van der Waals surface area contributed by atoms with Crippen LogP contribution >= 0.6 is 23.2 Å². The van der Waals surface area contributed by atoms with Crippen LogP contribution in [0.25, 0.3) is 0 Å². The van der Waals surface area contributed by atoms with Gasteiger partial charge in [-0.05, 0) is 36.4 Å². The summed E-state index contributed by atoms with van der Waals surface area (Å²) in [6.07, 6.45) is 0. The van der Waals surface area contributed by atoms with Crippen LogP contribution in [0.15, 0.2) is 29.5 Å². The lowest BCUT2D eigenvalue weighted by Gasteiger charge is -2.28. The van der Waals surface area contributed by atoms with Crippen molar-refractivity contribution >= 4 is 35.1 Å². The van der Waals surface area contributed by atoms with Crippen molar-refractivity contribution in [3.63, 3.8) is 0 Å². The third-order valence-corrected chi connectivity index (χ3v) is 4.14. The van der Waals surface area contributed by atoms with Gasteiger partial charge in [-0.15, -0.1) is 0 Å². The molecule has 7 nitrogen and oxygen atoms in total. The van der Waals surface area contributed by atoms with E-state index in [-0.39, 0.29) is 6.61 Å². The molecule has 23 heavy (non-hydrogen) atoms. The Kier molecular flexibility index (Phi) is 4.23. The summed E-state index contributed by atoms with van der Waals surface area (Å²) in [5.41, 5.74) is 1.50. The molecule has 2 aromatic rings. The van der Waals surface area contributed by atoms with Crippen molar-refractivity contribution in [3.05, 3.63) is 45.1 Å². The molecule has 3 rings (SSSR count). The zero-order valence-electron chi connectivity index (χ0n) is 12.4. The smallest absolute Gasteiger partial charge is 0.338 e. The van der Waals surface area contributed by atoms with Gasteiger partial charge in [0, 0.05) is 21.3 Å². The Hall–Kier alpha value is -2.12. The molecule has 9 heteroatoms. The van der Waals surface area contributed by atoms with Crippen molar-refractivity contribution in [3.8, 4) is 0 Å². The minimum absolute atomic E-state index is 0.251. The molecule has 1 aliphatic heterocycles. The topological polar surface area (TPSA) is 81.9 Å². The van der Waals surface area contributed by atoms with Crippen molar-refractivity contribution in [1.82, 2.24) is 20.2 Å². The highest BCUT2D eigenvalue weighted by Gasteiger charge is 2.37. The van der Waals surface area contributed by atoms with E-state index in [9.17, 15) is 4.79 Å².